The Hall–Kier alpha value is -1.42. The van der Waals surface area contributed by atoms with Gasteiger partial charge in [0.05, 0.1) is 18.9 Å². The van der Waals surface area contributed by atoms with Gasteiger partial charge in [0.2, 0.25) is 0 Å². The molecule has 1 N–H and O–H groups in total. The fourth-order valence-electron chi connectivity index (χ4n) is 2.21. The van der Waals surface area contributed by atoms with Crippen LogP contribution in [0.15, 0.2) is 30.0 Å². The van der Waals surface area contributed by atoms with Gasteiger partial charge in [-0.15, -0.1) is 0 Å². The van der Waals surface area contributed by atoms with Gasteiger partial charge in [-0.25, -0.2) is 8.78 Å². The normalized spacial score (nSPS) is 16.9. The Labute approximate surface area is 106 Å². The highest BCUT2D eigenvalue weighted by Crippen LogP contribution is 2.30. The van der Waals surface area contributed by atoms with E-state index >= 15 is 0 Å². The molecule has 18 heavy (non-hydrogen) atoms. The van der Waals surface area contributed by atoms with Crippen LogP contribution < -0.4 is 5.32 Å². The molecule has 0 fully saturated rings. The van der Waals surface area contributed by atoms with Crippen molar-refractivity contribution in [2.75, 3.05) is 13.2 Å². The molecule has 1 aliphatic heterocycles. The van der Waals surface area contributed by atoms with E-state index in [-0.39, 0.29) is 5.56 Å². The lowest BCUT2D eigenvalue weighted by molar-refractivity contribution is 0.219. The molecule has 2 rings (SSSR count). The predicted molar refractivity (Wildman–Crippen MR) is 66.0 cm³/mol. The minimum absolute atomic E-state index is 0.0797. The van der Waals surface area contributed by atoms with Crippen LogP contribution in [0.3, 0.4) is 0 Å². The molecule has 1 aromatic rings. The van der Waals surface area contributed by atoms with Crippen LogP contribution >= 0.6 is 0 Å². The van der Waals surface area contributed by atoms with Gasteiger partial charge in [0.25, 0.3) is 0 Å². The highest BCUT2D eigenvalue weighted by atomic mass is 19.1. The fourth-order valence-corrected chi connectivity index (χ4v) is 2.21. The summed E-state index contributed by atoms with van der Waals surface area (Å²) < 4.78 is 32.9. The minimum atomic E-state index is -0.521. The average Bonchev–Trinajstić information content (AvgIpc) is 2.38. The van der Waals surface area contributed by atoms with Crippen molar-refractivity contribution in [3.63, 3.8) is 0 Å². The lowest BCUT2D eigenvalue weighted by Crippen LogP contribution is -2.26. The van der Waals surface area contributed by atoms with E-state index in [0.29, 0.717) is 13.2 Å². The first-order valence-corrected chi connectivity index (χ1v) is 6.22. The molecular weight excluding hydrogens is 236 g/mol. The third-order valence-electron chi connectivity index (χ3n) is 3.03. The average molecular weight is 253 g/mol. The molecule has 0 saturated heterocycles. The Morgan fingerprint density at radius 1 is 1.33 bits per heavy atom. The summed E-state index contributed by atoms with van der Waals surface area (Å²) in [7, 11) is 0. The van der Waals surface area contributed by atoms with Crippen LogP contribution in [0.4, 0.5) is 8.78 Å². The summed E-state index contributed by atoms with van der Waals surface area (Å²) in [6, 6.07) is 3.50. The van der Waals surface area contributed by atoms with Gasteiger partial charge in [-0.1, -0.05) is 13.0 Å². The highest BCUT2D eigenvalue weighted by Gasteiger charge is 2.24. The van der Waals surface area contributed by atoms with Crippen LogP contribution in [0.25, 0.3) is 0 Å². The Bertz CT molecular complexity index is 425. The number of hydrogen-bond acceptors (Lipinski definition) is 2. The monoisotopic (exact) mass is 253 g/mol. The van der Waals surface area contributed by atoms with Crippen LogP contribution in [-0.4, -0.2) is 13.2 Å². The Balaban J connectivity index is 2.37. The molecule has 1 heterocycles. The van der Waals surface area contributed by atoms with Crippen molar-refractivity contribution in [1.82, 2.24) is 5.32 Å². The number of benzene rings is 1. The van der Waals surface area contributed by atoms with Crippen molar-refractivity contribution in [3.8, 4) is 0 Å². The second-order valence-electron chi connectivity index (χ2n) is 4.29. The number of hydrogen-bond donors (Lipinski definition) is 1. The lowest BCUT2D eigenvalue weighted by atomic mass is 9.94. The Morgan fingerprint density at radius 3 is 2.61 bits per heavy atom. The molecule has 98 valence electrons. The van der Waals surface area contributed by atoms with E-state index in [1.807, 2.05) is 6.92 Å². The van der Waals surface area contributed by atoms with Gasteiger partial charge in [-0.2, -0.15) is 0 Å². The van der Waals surface area contributed by atoms with Gasteiger partial charge >= 0.3 is 0 Å². The minimum Gasteiger partial charge on any atom is -0.501 e. The van der Waals surface area contributed by atoms with E-state index in [9.17, 15) is 8.78 Å². The summed E-state index contributed by atoms with van der Waals surface area (Å²) in [5.74, 6) is -1.04. The van der Waals surface area contributed by atoms with Crippen molar-refractivity contribution >= 4 is 0 Å². The Kier molecular flexibility index (Phi) is 4.31. The van der Waals surface area contributed by atoms with E-state index in [4.69, 9.17) is 4.74 Å². The second-order valence-corrected chi connectivity index (χ2v) is 4.29. The van der Waals surface area contributed by atoms with Gasteiger partial charge in [0, 0.05) is 5.56 Å². The number of likely N-dealkylation sites (N-methyl/N-ethyl adjacent to an activating group) is 1. The smallest absolute Gasteiger partial charge is 0.131 e. The van der Waals surface area contributed by atoms with Crippen LogP contribution in [0, 0.1) is 11.6 Å². The molecule has 0 aromatic heterocycles. The predicted octanol–water partition coefficient (Wildman–Crippen LogP) is 3.31. The fraction of sp³-hybridized carbons (Fsp3) is 0.429. The van der Waals surface area contributed by atoms with Crippen LogP contribution in [-0.2, 0) is 4.74 Å². The molecule has 0 aliphatic carbocycles. The summed E-state index contributed by atoms with van der Waals surface area (Å²) >= 11 is 0. The molecule has 0 bridgehead atoms. The summed E-state index contributed by atoms with van der Waals surface area (Å²) in [5.41, 5.74) is 0.975. The molecular formula is C14H17F2NO. The zero-order valence-electron chi connectivity index (χ0n) is 10.4. The molecule has 0 amide bonds. The summed E-state index contributed by atoms with van der Waals surface area (Å²) in [6.07, 6.45) is 3.30. The molecule has 1 atom stereocenters. The molecule has 0 radical (unpaired) electrons. The summed E-state index contributed by atoms with van der Waals surface area (Å²) in [4.78, 5) is 0. The molecule has 4 heteroatoms. The topological polar surface area (TPSA) is 21.3 Å². The maximum absolute atomic E-state index is 13.8. The van der Waals surface area contributed by atoms with E-state index in [1.165, 1.54) is 18.2 Å². The maximum Gasteiger partial charge on any atom is 0.131 e. The van der Waals surface area contributed by atoms with Crippen LogP contribution in [0.2, 0.25) is 0 Å². The van der Waals surface area contributed by atoms with E-state index in [0.717, 1.165) is 18.4 Å². The first kappa shape index (κ1) is 13.0. The van der Waals surface area contributed by atoms with Gasteiger partial charge in [-0.3, -0.25) is 0 Å². The summed E-state index contributed by atoms with van der Waals surface area (Å²) in [5, 5.41) is 3.12. The van der Waals surface area contributed by atoms with Gasteiger partial charge in [0.15, 0.2) is 0 Å². The molecule has 0 saturated carbocycles. The zero-order valence-corrected chi connectivity index (χ0v) is 10.4. The quantitative estimate of drug-likeness (QED) is 0.888. The lowest BCUT2D eigenvalue weighted by Gasteiger charge is -2.25. The van der Waals surface area contributed by atoms with Crippen molar-refractivity contribution in [2.45, 2.75) is 25.8 Å². The highest BCUT2D eigenvalue weighted by molar-refractivity contribution is 5.30. The molecule has 0 spiro atoms. The molecule has 2 nitrogen and oxygen atoms in total. The summed E-state index contributed by atoms with van der Waals surface area (Å²) in [6.45, 7) is 3.22. The molecule has 1 unspecified atom stereocenters. The van der Waals surface area contributed by atoms with E-state index in [2.05, 4.69) is 5.32 Å². The van der Waals surface area contributed by atoms with Gasteiger partial charge in [0.1, 0.15) is 11.6 Å². The van der Waals surface area contributed by atoms with Gasteiger partial charge < -0.3 is 10.1 Å². The second kappa shape index (κ2) is 5.96. The third kappa shape index (κ3) is 2.70. The first-order chi connectivity index (χ1) is 8.74. The third-order valence-corrected chi connectivity index (χ3v) is 3.03. The van der Waals surface area contributed by atoms with Crippen molar-refractivity contribution in [3.05, 3.63) is 47.2 Å². The number of nitrogens with one attached hydrogen (secondary N) is 1. The number of halogens is 2. The van der Waals surface area contributed by atoms with Gasteiger partial charge in [-0.05, 0) is 37.1 Å². The zero-order chi connectivity index (χ0) is 13.0. The largest absolute Gasteiger partial charge is 0.501 e. The van der Waals surface area contributed by atoms with Crippen molar-refractivity contribution in [2.24, 2.45) is 0 Å². The first-order valence-electron chi connectivity index (χ1n) is 6.22. The Morgan fingerprint density at radius 2 is 2.06 bits per heavy atom. The van der Waals surface area contributed by atoms with E-state index in [1.54, 1.807) is 6.26 Å². The molecule has 1 aromatic carbocycles. The van der Waals surface area contributed by atoms with Crippen molar-refractivity contribution in [1.29, 1.82) is 0 Å². The standard InChI is InChI=1S/C14H17F2NO/c1-2-17-14(10-5-4-8-18-9-10)13-11(15)6-3-7-12(13)16/h3,6-7,9,14,17H,2,4-5,8H2,1H3. The van der Waals surface area contributed by atoms with Crippen LogP contribution in [0.5, 0.6) is 0 Å². The van der Waals surface area contributed by atoms with Crippen molar-refractivity contribution < 1.29 is 13.5 Å². The molecule has 1 aliphatic rings. The van der Waals surface area contributed by atoms with Crippen LogP contribution in [0.1, 0.15) is 31.4 Å². The SMILES string of the molecule is CCNC(C1=COCCC1)c1c(F)cccc1F. The number of rotatable bonds is 4. The maximum atomic E-state index is 13.8. The number of ether oxygens (including phenoxy) is 1. The van der Waals surface area contributed by atoms with E-state index < -0.39 is 17.7 Å².